The van der Waals surface area contributed by atoms with Crippen LogP contribution in [0.3, 0.4) is 0 Å². The van der Waals surface area contributed by atoms with E-state index in [0.29, 0.717) is 5.69 Å². The largest absolute Gasteiger partial charge is 0.490 e. The summed E-state index contributed by atoms with van der Waals surface area (Å²) in [7, 11) is 0. The minimum Gasteiger partial charge on any atom is -0.475 e. The monoisotopic (exact) mass is 470 g/mol. The van der Waals surface area contributed by atoms with Crippen molar-refractivity contribution in [3.05, 3.63) is 71.4 Å². The molecule has 6 bridgehead atoms. The number of carbonyl (C=O) groups is 1. The van der Waals surface area contributed by atoms with Crippen LogP contribution in [-0.2, 0) is 23.8 Å². The molecule has 12 heteroatoms. The third kappa shape index (κ3) is 6.57. The molecule has 0 spiro atoms. The van der Waals surface area contributed by atoms with Crippen molar-refractivity contribution in [2.45, 2.75) is 25.2 Å². The maximum atomic E-state index is 13.3. The number of nitrogens with one attached hydrogen (secondary N) is 2. The number of fused-ring (bicyclic) bond motifs is 6. The standard InChI is InChI=1S/C19H15F3N4.C2HF3O2/c20-19(21,22)16-11-23-18-25-15-6-2-4-13(10-15)8-7-12-3-1-5-14(9-12)24-17(16)26-18;3-2(4,5)1(6)7/h1-6,9-11H,7-8H2,(H2,23,24,25,26);(H,6,7). The van der Waals surface area contributed by atoms with Gasteiger partial charge in [0.2, 0.25) is 5.95 Å². The number of aliphatic carboxylic acids is 1. The van der Waals surface area contributed by atoms with Gasteiger partial charge in [0.1, 0.15) is 11.4 Å². The Morgan fingerprint density at radius 2 is 1.39 bits per heavy atom. The summed E-state index contributed by atoms with van der Waals surface area (Å²) < 4.78 is 71.7. The summed E-state index contributed by atoms with van der Waals surface area (Å²) in [5, 5.41) is 12.9. The van der Waals surface area contributed by atoms with E-state index in [9.17, 15) is 26.3 Å². The van der Waals surface area contributed by atoms with Crippen LogP contribution < -0.4 is 10.6 Å². The molecule has 2 heterocycles. The highest BCUT2D eigenvalue weighted by atomic mass is 19.4. The van der Waals surface area contributed by atoms with E-state index in [4.69, 9.17) is 9.90 Å². The van der Waals surface area contributed by atoms with Gasteiger partial charge in [-0.05, 0) is 48.2 Å². The zero-order chi connectivity index (χ0) is 24.2. The molecule has 1 aliphatic rings. The lowest BCUT2D eigenvalue weighted by molar-refractivity contribution is -0.192. The number of aromatic nitrogens is 2. The highest BCUT2D eigenvalue weighted by Gasteiger charge is 2.38. The molecule has 0 fully saturated rings. The van der Waals surface area contributed by atoms with Gasteiger partial charge in [-0.25, -0.2) is 9.78 Å². The Labute approximate surface area is 183 Å². The number of hydrogen-bond donors (Lipinski definition) is 3. The quantitative estimate of drug-likeness (QED) is 0.365. The Morgan fingerprint density at radius 1 is 0.879 bits per heavy atom. The van der Waals surface area contributed by atoms with Crippen LogP contribution in [0.1, 0.15) is 16.7 Å². The number of rotatable bonds is 0. The number of alkyl halides is 6. The Balaban J connectivity index is 0.000000383. The predicted octanol–water partition coefficient (Wildman–Crippen LogP) is 5.71. The van der Waals surface area contributed by atoms with Crippen molar-refractivity contribution in [3.63, 3.8) is 0 Å². The second-order valence-corrected chi connectivity index (χ2v) is 6.91. The smallest absolute Gasteiger partial charge is 0.475 e. The van der Waals surface area contributed by atoms with Gasteiger partial charge in [-0.15, -0.1) is 0 Å². The molecule has 1 aromatic heterocycles. The van der Waals surface area contributed by atoms with E-state index in [-0.39, 0.29) is 11.8 Å². The van der Waals surface area contributed by atoms with Crippen LogP contribution in [0.2, 0.25) is 0 Å². The molecular formula is C21H16F6N4O2. The zero-order valence-electron chi connectivity index (χ0n) is 16.6. The van der Waals surface area contributed by atoms with E-state index >= 15 is 0 Å². The number of aryl methyl sites for hydroxylation is 2. The lowest BCUT2D eigenvalue weighted by Gasteiger charge is -2.15. The molecule has 3 aromatic rings. The Kier molecular flexibility index (Phi) is 6.75. The van der Waals surface area contributed by atoms with Crippen molar-refractivity contribution in [3.8, 4) is 0 Å². The van der Waals surface area contributed by atoms with Gasteiger partial charge in [-0.3, -0.25) is 0 Å². The van der Waals surface area contributed by atoms with Gasteiger partial charge < -0.3 is 15.7 Å². The molecule has 174 valence electrons. The third-order valence-electron chi connectivity index (χ3n) is 4.41. The SMILES string of the molecule is FC(F)(F)c1cnc2nc1Nc1cccc(c1)CCc1cccc(c1)N2.O=C(O)C(F)(F)F. The topological polar surface area (TPSA) is 87.1 Å². The molecule has 1 aliphatic heterocycles. The van der Waals surface area contributed by atoms with Crippen LogP contribution in [0.25, 0.3) is 0 Å². The summed E-state index contributed by atoms with van der Waals surface area (Å²) in [4.78, 5) is 16.8. The molecule has 2 aromatic carbocycles. The van der Waals surface area contributed by atoms with E-state index in [1.54, 1.807) is 6.07 Å². The molecular weight excluding hydrogens is 454 g/mol. The zero-order valence-corrected chi connectivity index (χ0v) is 16.6. The van der Waals surface area contributed by atoms with Gasteiger partial charge in [0.15, 0.2) is 0 Å². The number of benzene rings is 2. The van der Waals surface area contributed by atoms with E-state index in [1.807, 2.05) is 42.5 Å². The van der Waals surface area contributed by atoms with Crippen LogP contribution >= 0.6 is 0 Å². The molecule has 0 amide bonds. The fourth-order valence-electron chi connectivity index (χ4n) is 2.91. The first-order valence-electron chi connectivity index (χ1n) is 9.38. The van der Waals surface area contributed by atoms with Crippen molar-refractivity contribution in [2.75, 3.05) is 10.6 Å². The minimum atomic E-state index is -5.08. The highest BCUT2D eigenvalue weighted by molar-refractivity contribution is 5.73. The van der Waals surface area contributed by atoms with Gasteiger partial charge in [0, 0.05) is 17.6 Å². The molecule has 33 heavy (non-hydrogen) atoms. The number of halogens is 6. The maximum Gasteiger partial charge on any atom is 0.490 e. The van der Waals surface area contributed by atoms with Crippen molar-refractivity contribution in [2.24, 2.45) is 0 Å². The first kappa shape index (κ1) is 23.8. The summed E-state index contributed by atoms with van der Waals surface area (Å²) in [6, 6.07) is 15.1. The van der Waals surface area contributed by atoms with Crippen molar-refractivity contribution in [1.82, 2.24) is 9.97 Å². The number of hydrogen-bond acceptors (Lipinski definition) is 5. The Hall–Kier alpha value is -3.83. The van der Waals surface area contributed by atoms with Gasteiger partial charge in [0.25, 0.3) is 0 Å². The molecule has 0 aliphatic carbocycles. The van der Waals surface area contributed by atoms with Gasteiger partial charge >= 0.3 is 18.3 Å². The van der Waals surface area contributed by atoms with Gasteiger partial charge in [-0.2, -0.15) is 31.3 Å². The van der Waals surface area contributed by atoms with E-state index in [2.05, 4.69) is 20.6 Å². The average Bonchev–Trinajstić information content (AvgIpc) is 2.72. The maximum absolute atomic E-state index is 13.3. The van der Waals surface area contributed by atoms with E-state index < -0.39 is 23.9 Å². The second-order valence-electron chi connectivity index (χ2n) is 6.91. The fourth-order valence-corrected chi connectivity index (χ4v) is 2.91. The summed E-state index contributed by atoms with van der Waals surface area (Å²) in [5.41, 5.74) is 2.55. The molecule has 3 N–H and O–H groups in total. The lowest BCUT2D eigenvalue weighted by atomic mass is 10.0. The van der Waals surface area contributed by atoms with Crippen LogP contribution in [0.4, 0.5) is 49.5 Å². The molecule has 4 rings (SSSR count). The first-order valence-corrected chi connectivity index (χ1v) is 9.38. The molecule has 0 saturated carbocycles. The molecule has 0 saturated heterocycles. The Morgan fingerprint density at radius 3 is 1.88 bits per heavy atom. The van der Waals surface area contributed by atoms with Crippen molar-refractivity contribution >= 4 is 29.1 Å². The number of carboxylic acids is 1. The summed E-state index contributed by atoms with van der Waals surface area (Å²) in [6.07, 6.45) is -7.23. The van der Waals surface area contributed by atoms with Crippen LogP contribution in [0.15, 0.2) is 54.7 Å². The summed E-state index contributed by atoms with van der Waals surface area (Å²) in [6.45, 7) is 0. The molecule has 6 nitrogen and oxygen atoms in total. The van der Waals surface area contributed by atoms with Crippen molar-refractivity contribution < 1.29 is 36.2 Å². The number of nitrogens with zero attached hydrogens (tertiary/aromatic N) is 2. The average molecular weight is 470 g/mol. The van der Waals surface area contributed by atoms with Crippen molar-refractivity contribution in [1.29, 1.82) is 0 Å². The summed E-state index contributed by atoms with van der Waals surface area (Å²) >= 11 is 0. The normalized spacial score (nSPS) is 13.0. The first-order chi connectivity index (χ1) is 15.4. The minimum absolute atomic E-state index is 0.105. The van der Waals surface area contributed by atoms with Crippen LogP contribution in [0.5, 0.6) is 0 Å². The highest BCUT2D eigenvalue weighted by Crippen LogP contribution is 2.35. The van der Waals surface area contributed by atoms with E-state index in [1.165, 1.54) is 0 Å². The predicted molar refractivity (Wildman–Crippen MR) is 108 cm³/mol. The molecule has 0 radical (unpaired) electrons. The van der Waals surface area contributed by atoms with Gasteiger partial charge in [-0.1, -0.05) is 24.3 Å². The molecule has 0 unspecified atom stereocenters. The van der Waals surface area contributed by atoms with Crippen LogP contribution in [0, 0.1) is 0 Å². The van der Waals surface area contributed by atoms with E-state index in [0.717, 1.165) is 35.9 Å². The Bertz CT molecular complexity index is 1150. The molecule has 0 atom stereocenters. The van der Waals surface area contributed by atoms with Gasteiger partial charge in [0.05, 0.1) is 0 Å². The number of carboxylic acid groups (broad SMARTS) is 1. The second kappa shape index (κ2) is 9.35. The third-order valence-corrected chi connectivity index (χ3v) is 4.41. The lowest BCUT2D eigenvalue weighted by Crippen LogP contribution is -2.21. The fraction of sp³-hybridized carbons (Fsp3) is 0.190. The van der Waals surface area contributed by atoms with Crippen LogP contribution in [-0.4, -0.2) is 27.2 Å². The summed E-state index contributed by atoms with van der Waals surface area (Å²) in [5.74, 6) is -2.93. The number of anilines is 4.